The first-order valence-corrected chi connectivity index (χ1v) is 6.67. The van der Waals surface area contributed by atoms with E-state index in [4.69, 9.17) is 0 Å². The van der Waals surface area contributed by atoms with Gasteiger partial charge in [0.25, 0.3) is 0 Å². The van der Waals surface area contributed by atoms with Crippen molar-refractivity contribution in [3.8, 4) is 0 Å². The molecular formula is C13H27ClN2. The molecule has 1 saturated heterocycles. The van der Waals surface area contributed by atoms with Crippen LogP contribution in [0.2, 0.25) is 0 Å². The highest BCUT2D eigenvalue weighted by molar-refractivity contribution is 5.85. The topological polar surface area (TPSA) is 15.3 Å². The van der Waals surface area contributed by atoms with Crippen molar-refractivity contribution in [1.29, 1.82) is 0 Å². The van der Waals surface area contributed by atoms with Gasteiger partial charge in [-0.05, 0) is 44.7 Å². The third-order valence-electron chi connectivity index (χ3n) is 4.24. The Morgan fingerprint density at radius 3 is 2.69 bits per heavy atom. The number of nitrogens with one attached hydrogen (secondary N) is 1. The van der Waals surface area contributed by atoms with Gasteiger partial charge in [-0.2, -0.15) is 0 Å². The number of rotatable bonds is 3. The first kappa shape index (κ1) is 14.3. The number of hydrogen-bond acceptors (Lipinski definition) is 2. The van der Waals surface area contributed by atoms with Crippen molar-refractivity contribution in [3.05, 3.63) is 0 Å². The lowest BCUT2D eigenvalue weighted by molar-refractivity contribution is 0.201. The van der Waals surface area contributed by atoms with Crippen LogP contribution in [-0.4, -0.2) is 37.6 Å². The van der Waals surface area contributed by atoms with E-state index in [9.17, 15) is 0 Å². The molecule has 3 heteroatoms. The third-order valence-corrected chi connectivity index (χ3v) is 4.24. The fourth-order valence-corrected chi connectivity index (χ4v) is 3.32. The van der Waals surface area contributed by atoms with Crippen molar-refractivity contribution in [1.82, 2.24) is 10.2 Å². The van der Waals surface area contributed by atoms with Crippen molar-refractivity contribution >= 4 is 12.4 Å². The smallest absolute Gasteiger partial charge is 0.0204 e. The number of halogens is 1. The Hall–Kier alpha value is 0.210. The summed E-state index contributed by atoms with van der Waals surface area (Å²) in [5, 5.41) is 3.40. The maximum absolute atomic E-state index is 3.40. The van der Waals surface area contributed by atoms with Crippen LogP contribution in [-0.2, 0) is 0 Å². The molecule has 0 spiro atoms. The minimum absolute atomic E-state index is 0. The highest BCUT2D eigenvalue weighted by atomic mass is 35.5. The van der Waals surface area contributed by atoms with E-state index in [1.165, 1.54) is 51.7 Å². The zero-order chi connectivity index (χ0) is 10.7. The van der Waals surface area contributed by atoms with Gasteiger partial charge >= 0.3 is 0 Å². The second kappa shape index (κ2) is 6.83. The molecule has 0 aromatic heterocycles. The summed E-state index contributed by atoms with van der Waals surface area (Å²) < 4.78 is 0. The molecule has 96 valence electrons. The summed E-state index contributed by atoms with van der Waals surface area (Å²) in [6.45, 7) is 6.38. The molecule has 16 heavy (non-hydrogen) atoms. The molecule has 2 aliphatic rings. The summed E-state index contributed by atoms with van der Waals surface area (Å²) in [5.74, 6) is 1.97. The quantitative estimate of drug-likeness (QED) is 0.824. The summed E-state index contributed by atoms with van der Waals surface area (Å²) in [6.07, 6.45) is 7.23. The summed E-state index contributed by atoms with van der Waals surface area (Å²) >= 11 is 0. The predicted octanol–water partition coefficient (Wildman–Crippen LogP) is 2.53. The second-order valence-electron chi connectivity index (χ2n) is 5.67. The van der Waals surface area contributed by atoms with Crippen molar-refractivity contribution in [2.45, 2.75) is 45.1 Å². The Labute approximate surface area is 107 Å². The van der Waals surface area contributed by atoms with Crippen LogP contribution in [0.25, 0.3) is 0 Å². The standard InChI is InChI=1S/C13H26N2.ClH/c1-11-4-3-5-12(8-11)9-15-7-6-13(10-15)14-2;/h11-14H,3-10H2,1-2H3;1H. The van der Waals surface area contributed by atoms with Crippen LogP contribution >= 0.6 is 12.4 Å². The van der Waals surface area contributed by atoms with E-state index in [2.05, 4.69) is 24.2 Å². The van der Waals surface area contributed by atoms with Gasteiger partial charge < -0.3 is 10.2 Å². The Kier molecular flexibility index (Phi) is 6.09. The predicted molar refractivity (Wildman–Crippen MR) is 72.3 cm³/mol. The number of hydrogen-bond donors (Lipinski definition) is 1. The monoisotopic (exact) mass is 246 g/mol. The average molecular weight is 247 g/mol. The van der Waals surface area contributed by atoms with Crippen molar-refractivity contribution in [2.75, 3.05) is 26.7 Å². The van der Waals surface area contributed by atoms with Gasteiger partial charge in [-0.25, -0.2) is 0 Å². The molecule has 3 atom stereocenters. The zero-order valence-electron chi connectivity index (χ0n) is 10.7. The van der Waals surface area contributed by atoms with E-state index in [1.807, 2.05) is 0 Å². The summed E-state index contributed by atoms with van der Waals surface area (Å²) in [7, 11) is 2.09. The van der Waals surface area contributed by atoms with Crippen LogP contribution in [0.3, 0.4) is 0 Å². The number of nitrogens with zero attached hydrogens (tertiary/aromatic N) is 1. The lowest BCUT2D eigenvalue weighted by Gasteiger charge is -2.30. The van der Waals surface area contributed by atoms with Crippen LogP contribution in [0.1, 0.15) is 39.0 Å². The summed E-state index contributed by atoms with van der Waals surface area (Å²) in [4.78, 5) is 2.67. The van der Waals surface area contributed by atoms with Crippen LogP contribution < -0.4 is 5.32 Å². The molecule has 0 radical (unpaired) electrons. The molecule has 1 aliphatic heterocycles. The number of likely N-dealkylation sites (tertiary alicyclic amines) is 1. The molecule has 3 unspecified atom stereocenters. The fraction of sp³-hybridized carbons (Fsp3) is 1.00. The molecule has 1 N–H and O–H groups in total. The largest absolute Gasteiger partial charge is 0.316 e. The van der Waals surface area contributed by atoms with Gasteiger partial charge in [0.2, 0.25) is 0 Å². The molecule has 0 aromatic carbocycles. The molecule has 1 aliphatic carbocycles. The molecule has 0 bridgehead atoms. The van der Waals surface area contributed by atoms with Gasteiger partial charge in [-0.3, -0.25) is 0 Å². The molecule has 2 nitrogen and oxygen atoms in total. The van der Waals surface area contributed by atoms with Gasteiger partial charge in [0.15, 0.2) is 0 Å². The molecule has 0 aromatic rings. The van der Waals surface area contributed by atoms with Crippen molar-refractivity contribution < 1.29 is 0 Å². The van der Waals surface area contributed by atoms with E-state index >= 15 is 0 Å². The molecule has 0 amide bonds. The van der Waals surface area contributed by atoms with Crippen LogP contribution in [0.5, 0.6) is 0 Å². The Morgan fingerprint density at radius 1 is 1.25 bits per heavy atom. The maximum atomic E-state index is 3.40. The average Bonchev–Trinajstić information content (AvgIpc) is 2.65. The first-order valence-electron chi connectivity index (χ1n) is 6.67. The maximum Gasteiger partial charge on any atom is 0.0204 e. The van der Waals surface area contributed by atoms with Gasteiger partial charge in [0.05, 0.1) is 0 Å². The summed E-state index contributed by atoms with van der Waals surface area (Å²) in [6, 6.07) is 0.756. The van der Waals surface area contributed by atoms with Gasteiger partial charge in [-0.1, -0.05) is 19.8 Å². The van der Waals surface area contributed by atoms with E-state index in [0.29, 0.717) is 0 Å². The van der Waals surface area contributed by atoms with E-state index in [1.54, 1.807) is 0 Å². The SMILES string of the molecule is CNC1CCN(CC2CCCC(C)C2)C1.Cl. The van der Waals surface area contributed by atoms with E-state index in [0.717, 1.165) is 17.9 Å². The molecule has 2 fully saturated rings. The van der Waals surface area contributed by atoms with Crippen molar-refractivity contribution in [2.24, 2.45) is 11.8 Å². The van der Waals surface area contributed by atoms with Crippen LogP contribution in [0.15, 0.2) is 0 Å². The lowest BCUT2D eigenvalue weighted by Crippen LogP contribution is -2.33. The van der Waals surface area contributed by atoms with Gasteiger partial charge in [-0.15, -0.1) is 12.4 Å². The number of likely N-dealkylation sites (N-methyl/N-ethyl adjacent to an activating group) is 1. The Morgan fingerprint density at radius 2 is 2.06 bits per heavy atom. The molecule has 1 saturated carbocycles. The van der Waals surface area contributed by atoms with E-state index in [-0.39, 0.29) is 12.4 Å². The molecular weight excluding hydrogens is 220 g/mol. The third kappa shape index (κ3) is 3.90. The normalized spacial score (nSPS) is 36.0. The zero-order valence-corrected chi connectivity index (χ0v) is 11.6. The highest BCUT2D eigenvalue weighted by Crippen LogP contribution is 2.29. The Balaban J connectivity index is 0.00000128. The minimum Gasteiger partial charge on any atom is -0.316 e. The molecule has 1 heterocycles. The summed E-state index contributed by atoms with van der Waals surface area (Å²) in [5.41, 5.74) is 0. The van der Waals surface area contributed by atoms with Gasteiger partial charge in [0, 0.05) is 19.1 Å². The van der Waals surface area contributed by atoms with Crippen LogP contribution in [0, 0.1) is 11.8 Å². The molecule has 2 rings (SSSR count). The highest BCUT2D eigenvalue weighted by Gasteiger charge is 2.25. The fourth-order valence-electron chi connectivity index (χ4n) is 3.32. The van der Waals surface area contributed by atoms with E-state index < -0.39 is 0 Å². The first-order chi connectivity index (χ1) is 7.28. The van der Waals surface area contributed by atoms with Gasteiger partial charge in [0.1, 0.15) is 0 Å². The second-order valence-corrected chi connectivity index (χ2v) is 5.67. The van der Waals surface area contributed by atoms with Crippen molar-refractivity contribution in [3.63, 3.8) is 0 Å². The Bertz CT molecular complexity index is 198. The lowest BCUT2D eigenvalue weighted by atomic mass is 9.82. The van der Waals surface area contributed by atoms with Crippen LogP contribution in [0.4, 0.5) is 0 Å². The minimum atomic E-state index is 0.